The van der Waals surface area contributed by atoms with E-state index in [9.17, 15) is 0 Å². The Morgan fingerprint density at radius 3 is 3.21 bits per heavy atom. The van der Waals surface area contributed by atoms with Gasteiger partial charge in [-0.25, -0.2) is 0 Å². The molecule has 74 valence electrons. The minimum Gasteiger partial charge on any atom is -0.0881 e. The van der Waals surface area contributed by atoms with Gasteiger partial charge in [0.25, 0.3) is 0 Å². The summed E-state index contributed by atoms with van der Waals surface area (Å²) in [5.74, 6) is 4.09. The topological polar surface area (TPSA) is 0 Å². The average molecular weight is 186 g/mol. The molecule has 3 saturated carbocycles. The summed E-state index contributed by atoms with van der Waals surface area (Å²) in [6, 6.07) is 0. The van der Waals surface area contributed by atoms with E-state index in [0.29, 0.717) is 0 Å². The third kappa shape index (κ3) is 0.637. The van der Waals surface area contributed by atoms with Crippen molar-refractivity contribution in [3.8, 4) is 0 Å². The average Bonchev–Trinajstić information content (AvgIpc) is 2.73. The van der Waals surface area contributed by atoms with E-state index in [1.807, 2.05) is 5.57 Å². The van der Waals surface area contributed by atoms with Crippen LogP contribution >= 0.6 is 0 Å². The predicted molar refractivity (Wildman–Crippen MR) is 57.8 cm³/mol. The first-order valence-corrected chi connectivity index (χ1v) is 6.16. The first-order chi connectivity index (χ1) is 6.84. The molecule has 0 aromatic rings. The highest BCUT2D eigenvalue weighted by atomic mass is 14.7. The number of fused-ring (bicyclic) bond motifs is 1. The zero-order valence-corrected chi connectivity index (χ0v) is 8.87. The molecular weight excluding hydrogens is 168 g/mol. The van der Waals surface area contributed by atoms with Gasteiger partial charge in [-0.3, -0.25) is 0 Å². The number of hydrogen-bond acceptors (Lipinski definition) is 0. The molecule has 0 amide bonds. The van der Waals surface area contributed by atoms with Gasteiger partial charge in [0.05, 0.1) is 0 Å². The van der Waals surface area contributed by atoms with Crippen LogP contribution in [0.25, 0.3) is 0 Å². The van der Waals surface area contributed by atoms with Crippen LogP contribution in [0.3, 0.4) is 0 Å². The second-order valence-electron chi connectivity index (χ2n) is 5.93. The molecular formula is C14H18. The highest BCUT2D eigenvalue weighted by molar-refractivity contribution is 5.32. The van der Waals surface area contributed by atoms with E-state index in [-0.39, 0.29) is 0 Å². The molecule has 0 aliphatic heterocycles. The van der Waals surface area contributed by atoms with Gasteiger partial charge in [0.15, 0.2) is 0 Å². The molecule has 4 rings (SSSR count). The van der Waals surface area contributed by atoms with Crippen LogP contribution in [0.4, 0.5) is 0 Å². The molecule has 5 bridgehead atoms. The predicted octanol–water partition coefficient (Wildman–Crippen LogP) is 3.55. The van der Waals surface area contributed by atoms with Crippen LogP contribution in [0.15, 0.2) is 23.8 Å². The Bertz CT molecular complexity index is 349. The van der Waals surface area contributed by atoms with Gasteiger partial charge >= 0.3 is 0 Å². The maximum absolute atomic E-state index is 2.54. The molecule has 4 aliphatic carbocycles. The highest BCUT2D eigenvalue weighted by Crippen LogP contribution is 2.74. The maximum atomic E-state index is 2.54. The van der Waals surface area contributed by atoms with E-state index in [1.165, 1.54) is 19.3 Å². The molecule has 14 heavy (non-hydrogen) atoms. The normalized spacial score (nSPS) is 60.2. The quantitative estimate of drug-likeness (QED) is 0.507. The molecule has 0 heterocycles. The Hall–Kier alpha value is -0.520. The second kappa shape index (κ2) is 2.18. The molecule has 5 atom stereocenters. The van der Waals surface area contributed by atoms with Crippen molar-refractivity contribution in [2.24, 2.45) is 29.1 Å². The summed E-state index contributed by atoms with van der Waals surface area (Å²) >= 11 is 0. The molecule has 3 fully saturated rings. The minimum absolute atomic E-state index is 0.769. The van der Waals surface area contributed by atoms with E-state index in [2.05, 4.69) is 25.2 Å². The summed E-state index contributed by atoms with van der Waals surface area (Å²) in [5.41, 5.74) is 2.58. The first kappa shape index (κ1) is 7.73. The molecule has 0 aromatic heterocycles. The van der Waals surface area contributed by atoms with Crippen molar-refractivity contribution in [3.63, 3.8) is 0 Å². The van der Waals surface area contributed by atoms with Gasteiger partial charge in [0, 0.05) is 0 Å². The summed E-state index contributed by atoms with van der Waals surface area (Å²) in [7, 11) is 0. The Kier molecular flexibility index (Phi) is 1.20. The smallest absolute Gasteiger partial charge is 0.0161 e. The largest absolute Gasteiger partial charge is 0.0881 e. The van der Waals surface area contributed by atoms with Gasteiger partial charge in [-0.1, -0.05) is 23.8 Å². The standard InChI is InChI=1S/C14H18/c1-2-9-6-14-7-10-4-3-5-12(14)13(10)11(9)8-14/h2-4,10-13H,5-8H2,1H3. The van der Waals surface area contributed by atoms with E-state index >= 15 is 0 Å². The van der Waals surface area contributed by atoms with Gasteiger partial charge in [0.1, 0.15) is 0 Å². The SMILES string of the molecule is CC=C1CC23CC4C=CCC2C4C1C3. The molecule has 4 aliphatic rings. The van der Waals surface area contributed by atoms with Crippen molar-refractivity contribution in [2.45, 2.75) is 32.6 Å². The first-order valence-electron chi connectivity index (χ1n) is 6.16. The summed E-state index contributed by atoms with van der Waals surface area (Å²) in [4.78, 5) is 0. The molecule has 5 unspecified atom stereocenters. The summed E-state index contributed by atoms with van der Waals surface area (Å²) in [6.45, 7) is 2.25. The second-order valence-corrected chi connectivity index (χ2v) is 5.93. The van der Waals surface area contributed by atoms with Gasteiger partial charge in [0.2, 0.25) is 0 Å². The van der Waals surface area contributed by atoms with Crippen molar-refractivity contribution >= 4 is 0 Å². The molecule has 0 saturated heterocycles. The lowest BCUT2D eigenvalue weighted by Crippen LogP contribution is -2.26. The Balaban J connectivity index is 1.87. The number of hydrogen-bond donors (Lipinski definition) is 0. The highest BCUT2D eigenvalue weighted by Gasteiger charge is 2.66. The van der Waals surface area contributed by atoms with Crippen LogP contribution in [-0.2, 0) is 0 Å². The fourth-order valence-corrected chi connectivity index (χ4v) is 5.36. The third-order valence-corrected chi connectivity index (χ3v) is 5.66. The number of rotatable bonds is 0. The van der Waals surface area contributed by atoms with Gasteiger partial charge in [-0.2, -0.15) is 0 Å². The lowest BCUT2D eigenvalue weighted by molar-refractivity contribution is 0.227. The molecule has 0 nitrogen and oxygen atoms in total. The van der Waals surface area contributed by atoms with Crippen LogP contribution in [0.5, 0.6) is 0 Å². The Morgan fingerprint density at radius 2 is 2.36 bits per heavy atom. The fourth-order valence-electron chi connectivity index (χ4n) is 5.36. The van der Waals surface area contributed by atoms with Crippen molar-refractivity contribution in [1.29, 1.82) is 0 Å². The number of allylic oxidation sites excluding steroid dienone is 4. The molecule has 0 aromatic carbocycles. The van der Waals surface area contributed by atoms with Gasteiger partial charge in [-0.05, 0) is 61.7 Å². The molecule has 0 radical (unpaired) electrons. The van der Waals surface area contributed by atoms with Crippen molar-refractivity contribution in [1.82, 2.24) is 0 Å². The zero-order valence-electron chi connectivity index (χ0n) is 8.87. The van der Waals surface area contributed by atoms with Gasteiger partial charge in [-0.15, -0.1) is 0 Å². The van der Waals surface area contributed by atoms with E-state index < -0.39 is 0 Å². The van der Waals surface area contributed by atoms with Crippen LogP contribution in [-0.4, -0.2) is 0 Å². The molecule has 0 heteroatoms. The monoisotopic (exact) mass is 186 g/mol. The summed E-state index contributed by atoms with van der Waals surface area (Å²) < 4.78 is 0. The summed E-state index contributed by atoms with van der Waals surface area (Å²) in [6.07, 6.45) is 13.3. The van der Waals surface area contributed by atoms with Gasteiger partial charge < -0.3 is 0 Å². The Labute approximate surface area is 86.1 Å². The maximum Gasteiger partial charge on any atom is -0.0161 e. The van der Waals surface area contributed by atoms with Crippen LogP contribution < -0.4 is 0 Å². The van der Waals surface area contributed by atoms with Crippen molar-refractivity contribution in [3.05, 3.63) is 23.8 Å². The molecule has 1 spiro atoms. The Morgan fingerprint density at radius 1 is 1.43 bits per heavy atom. The van der Waals surface area contributed by atoms with Crippen LogP contribution in [0.1, 0.15) is 32.6 Å². The van der Waals surface area contributed by atoms with Crippen LogP contribution in [0.2, 0.25) is 0 Å². The van der Waals surface area contributed by atoms with E-state index in [4.69, 9.17) is 0 Å². The minimum atomic E-state index is 0.769. The lowest BCUT2D eigenvalue weighted by atomic mass is 9.71. The van der Waals surface area contributed by atoms with Crippen LogP contribution in [0, 0.1) is 29.1 Å². The van der Waals surface area contributed by atoms with E-state index in [0.717, 1.165) is 29.1 Å². The van der Waals surface area contributed by atoms with Crippen molar-refractivity contribution < 1.29 is 0 Å². The molecule has 0 N–H and O–H groups in total. The van der Waals surface area contributed by atoms with Crippen molar-refractivity contribution in [2.75, 3.05) is 0 Å². The zero-order chi connectivity index (χ0) is 9.34. The van der Waals surface area contributed by atoms with E-state index in [1.54, 1.807) is 6.42 Å². The fraction of sp³-hybridized carbons (Fsp3) is 0.714. The lowest BCUT2D eigenvalue weighted by Gasteiger charge is -2.33. The summed E-state index contributed by atoms with van der Waals surface area (Å²) in [5, 5.41) is 0. The third-order valence-electron chi connectivity index (χ3n) is 5.66.